The number of benzene rings is 1. The quantitative estimate of drug-likeness (QED) is 0.751. The fourth-order valence-corrected chi connectivity index (χ4v) is 1.09. The van der Waals surface area contributed by atoms with Crippen LogP contribution in [0.3, 0.4) is 0 Å². The van der Waals surface area contributed by atoms with Gasteiger partial charge in [-0.2, -0.15) is 0 Å². The average molecular weight is 229 g/mol. The Balaban J connectivity index is 2.81. The van der Waals surface area contributed by atoms with Crippen molar-refractivity contribution in [3.8, 4) is 11.8 Å². The number of rotatable bonds is 1. The fourth-order valence-electron chi connectivity index (χ4n) is 0.796. The molecule has 0 fully saturated rings. The lowest BCUT2D eigenvalue weighted by atomic mass is 10.2. The Bertz CT molecular complexity index is 416. The number of halogens is 2. The molecule has 0 amide bonds. The van der Waals surface area contributed by atoms with Crippen molar-refractivity contribution < 1.29 is 9.90 Å². The van der Waals surface area contributed by atoms with Gasteiger partial charge in [-0.05, 0) is 18.2 Å². The van der Waals surface area contributed by atoms with E-state index in [0.29, 0.717) is 15.6 Å². The maximum absolute atomic E-state index is 10.2. The summed E-state index contributed by atoms with van der Waals surface area (Å²) < 4.78 is 0. The number of hydrogen-bond acceptors (Lipinski definition) is 1. The normalized spacial score (nSPS) is 9.00. The van der Waals surface area contributed by atoms with Gasteiger partial charge in [0.2, 0.25) is 0 Å². The van der Waals surface area contributed by atoms with Gasteiger partial charge in [0.05, 0.1) is 10.0 Å². The lowest BCUT2D eigenvalue weighted by molar-refractivity contribution is -0.135. The zero-order chi connectivity index (χ0) is 10.6. The number of carboxylic acid groups (broad SMARTS) is 1. The van der Waals surface area contributed by atoms with E-state index in [-0.39, 0.29) is 6.42 Å². The van der Waals surface area contributed by atoms with Gasteiger partial charge in [0, 0.05) is 5.56 Å². The van der Waals surface area contributed by atoms with Crippen LogP contribution in [0, 0.1) is 11.8 Å². The minimum atomic E-state index is -0.947. The maximum Gasteiger partial charge on any atom is 0.315 e. The molecule has 0 bridgehead atoms. The first-order chi connectivity index (χ1) is 6.59. The minimum absolute atomic E-state index is 0.180. The van der Waals surface area contributed by atoms with E-state index in [1.54, 1.807) is 18.2 Å². The molecule has 0 aliphatic rings. The third-order valence-corrected chi connectivity index (χ3v) is 2.13. The SMILES string of the molecule is O=C(O)CC#Cc1ccc(Cl)c(Cl)c1. The largest absolute Gasteiger partial charge is 0.481 e. The lowest BCUT2D eigenvalue weighted by Crippen LogP contribution is -1.90. The first-order valence-corrected chi connectivity index (χ1v) is 4.51. The van der Waals surface area contributed by atoms with E-state index in [1.807, 2.05) is 0 Å². The molecule has 14 heavy (non-hydrogen) atoms. The van der Waals surface area contributed by atoms with E-state index in [2.05, 4.69) is 11.8 Å². The van der Waals surface area contributed by atoms with Crippen molar-refractivity contribution in [2.24, 2.45) is 0 Å². The summed E-state index contributed by atoms with van der Waals surface area (Å²) in [6.45, 7) is 0. The standard InChI is InChI=1S/C10H6Cl2O2/c11-8-5-4-7(6-9(8)12)2-1-3-10(13)14/h4-6H,3H2,(H,13,14). The summed E-state index contributed by atoms with van der Waals surface area (Å²) >= 11 is 11.4. The van der Waals surface area contributed by atoms with Crippen LogP contribution in [-0.2, 0) is 4.79 Å². The molecule has 0 saturated carbocycles. The van der Waals surface area contributed by atoms with Gasteiger partial charge in [-0.1, -0.05) is 35.0 Å². The molecule has 0 atom stereocenters. The molecule has 0 aliphatic carbocycles. The molecule has 1 aromatic carbocycles. The van der Waals surface area contributed by atoms with E-state index in [1.165, 1.54) is 0 Å². The number of carbonyl (C=O) groups is 1. The summed E-state index contributed by atoms with van der Waals surface area (Å²) in [6.07, 6.45) is -0.180. The van der Waals surface area contributed by atoms with Crippen LogP contribution in [0.2, 0.25) is 10.0 Å². The lowest BCUT2D eigenvalue weighted by Gasteiger charge is -1.94. The van der Waals surface area contributed by atoms with Crippen molar-refractivity contribution in [2.45, 2.75) is 6.42 Å². The van der Waals surface area contributed by atoms with Gasteiger partial charge < -0.3 is 5.11 Å². The van der Waals surface area contributed by atoms with Gasteiger partial charge in [-0.3, -0.25) is 4.79 Å². The third kappa shape index (κ3) is 3.29. The Hall–Kier alpha value is -1.17. The molecule has 0 saturated heterocycles. The van der Waals surface area contributed by atoms with E-state index in [9.17, 15) is 4.79 Å². The number of hydrogen-bond donors (Lipinski definition) is 1. The van der Waals surface area contributed by atoms with Gasteiger partial charge in [0.1, 0.15) is 6.42 Å². The summed E-state index contributed by atoms with van der Waals surface area (Å²) in [5.41, 5.74) is 0.653. The predicted molar refractivity (Wildman–Crippen MR) is 55.6 cm³/mol. The zero-order valence-electron chi connectivity index (χ0n) is 7.05. The van der Waals surface area contributed by atoms with Gasteiger partial charge in [0.25, 0.3) is 0 Å². The molecular weight excluding hydrogens is 223 g/mol. The molecule has 0 spiro atoms. The van der Waals surface area contributed by atoms with E-state index in [0.717, 1.165) is 0 Å². The van der Waals surface area contributed by atoms with Crippen LogP contribution < -0.4 is 0 Å². The summed E-state index contributed by atoms with van der Waals surface area (Å²) in [4.78, 5) is 10.2. The van der Waals surface area contributed by atoms with Crippen molar-refractivity contribution in [3.63, 3.8) is 0 Å². The van der Waals surface area contributed by atoms with Gasteiger partial charge in [0.15, 0.2) is 0 Å². The second-order valence-corrected chi connectivity index (χ2v) is 3.32. The van der Waals surface area contributed by atoms with Crippen molar-refractivity contribution in [2.75, 3.05) is 0 Å². The zero-order valence-corrected chi connectivity index (χ0v) is 8.56. The number of carboxylic acids is 1. The van der Waals surface area contributed by atoms with Crippen molar-refractivity contribution in [3.05, 3.63) is 33.8 Å². The molecule has 4 heteroatoms. The fraction of sp³-hybridized carbons (Fsp3) is 0.100. The van der Waals surface area contributed by atoms with E-state index < -0.39 is 5.97 Å². The molecule has 1 aromatic rings. The van der Waals surface area contributed by atoms with Crippen LogP contribution in [0.15, 0.2) is 18.2 Å². The van der Waals surface area contributed by atoms with Crippen LogP contribution >= 0.6 is 23.2 Å². The predicted octanol–water partition coefficient (Wildman–Crippen LogP) is 2.82. The van der Waals surface area contributed by atoms with Gasteiger partial charge in [-0.15, -0.1) is 0 Å². The van der Waals surface area contributed by atoms with Crippen molar-refractivity contribution in [1.82, 2.24) is 0 Å². The monoisotopic (exact) mass is 228 g/mol. The molecule has 2 nitrogen and oxygen atoms in total. The Morgan fingerprint density at radius 3 is 2.64 bits per heavy atom. The highest BCUT2D eigenvalue weighted by molar-refractivity contribution is 6.42. The smallest absolute Gasteiger partial charge is 0.315 e. The summed E-state index contributed by atoms with van der Waals surface area (Å²) in [5.74, 6) is 4.22. The highest BCUT2D eigenvalue weighted by Gasteiger charge is 1.96. The average Bonchev–Trinajstić information content (AvgIpc) is 2.10. The molecule has 1 N–H and O–H groups in total. The Kier molecular flexibility index (Phi) is 3.82. The topological polar surface area (TPSA) is 37.3 Å². The first kappa shape index (κ1) is 10.9. The summed E-state index contributed by atoms with van der Waals surface area (Å²) in [5, 5.41) is 9.21. The minimum Gasteiger partial charge on any atom is -0.481 e. The summed E-state index contributed by atoms with van der Waals surface area (Å²) in [7, 11) is 0. The van der Waals surface area contributed by atoms with Crippen LogP contribution in [-0.4, -0.2) is 11.1 Å². The Labute approximate surface area is 91.5 Å². The first-order valence-electron chi connectivity index (χ1n) is 3.75. The Morgan fingerprint density at radius 2 is 2.07 bits per heavy atom. The van der Waals surface area contributed by atoms with Crippen LogP contribution in [0.25, 0.3) is 0 Å². The molecule has 1 rings (SSSR count). The maximum atomic E-state index is 10.2. The Morgan fingerprint density at radius 1 is 1.36 bits per heavy atom. The van der Waals surface area contributed by atoms with Crippen molar-refractivity contribution >= 4 is 29.2 Å². The molecular formula is C10H6Cl2O2. The van der Waals surface area contributed by atoms with Gasteiger partial charge in [-0.25, -0.2) is 0 Å². The highest BCUT2D eigenvalue weighted by Crippen LogP contribution is 2.21. The molecule has 0 heterocycles. The van der Waals surface area contributed by atoms with Crippen molar-refractivity contribution in [1.29, 1.82) is 0 Å². The molecule has 72 valence electrons. The second-order valence-electron chi connectivity index (χ2n) is 2.50. The van der Waals surface area contributed by atoms with Crippen LogP contribution in [0.4, 0.5) is 0 Å². The highest BCUT2D eigenvalue weighted by atomic mass is 35.5. The second kappa shape index (κ2) is 4.90. The number of aliphatic carboxylic acids is 1. The van der Waals surface area contributed by atoms with E-state index in [4.69, 9.17) is 28.3 Å². The van der Waals surface area contributed by atoms with Crippen LogP contribution in [0.5, 0.6) is 0 Å². The summed E-state index contributed by atoms with van der Waals surface area (Å²) in [6, 6.07) is 4.90. The van der Waals surface area contributed by atoms with Gasteiger partial charge >= 0.3 is 5.97 Å². The molecule has 0 unspecified atom stereocenters. The molecule has 0 radical (unpaired) electrons. The third-order valence-electron chi connectivity index (χ3n) is 1.39. The molecule has 0 aliphatic heterocycles. The molecule has 0 aromatic heterocycles. The van der Waals surface area contributed by atoms with Crippen LogP contribution in [0.1, 0.15) is 12.0 Å². The van der Waals surface area contributed by atoms with E-state index >= 15 is 0 Å².